The molecule has 17 heavy (non-hydrogen) atoms. The van der Waals surface area contributed by atoms with Crippen molar-refractivity contribution >= 4 is 5.69 Å². The zero-order chi connectivity index (χ0) is 12.7. The molecule has 0 atom stereocenters. The zero-order valence-electron chi connectivity index (χ0n) is 10.5. The molecule has 4 nitrogen and oxygen atoms in total. The van der Waals surface area contributed by atoms with Crippen LogP contribution in [0, 0.1) is 16.0 Å². The summed E-state index contributed by atoms with van der Waals surface area (Å²) in [5.41, 5.74) is 1.31. The smallest absolute Gasteiger partial charge is 0.269 e. The first-order chi connectivity index (χ1) is 8.09. The summed E-state index contributed by atoms with van der Waals surface area (Å²) in [7, 11) is 0. The van der Waals surface area contributed by atoms with E-state index in [0.29, 0.717) is 5.92 Å². The lowest BCUT2D eigenvalue weighted by atomic mass is 10.1. The molecule has 1 aromatic carbocycles. The first-order valence-corrected chi connectivity index (χ1v) is 6.03. The number of nitro benzene ring substituents is 1. The van der Waals surface area contributed by atoms with Gasteiger partial charge in [0.1, 0.15) is 0 Å². The second-order valence-corrected chi connectivity index (χ2v) is 4.63. The molecular weight excluding hydrogens is 216 g/mol. The van der Waals surface area contributed by atoms with Gasteiger partial charge in [0, 0.05) is 12.1 Å². The Bertz CT molecular complexity index is 347. The van der Waals surface area contributed by atoms with Crippen LogP contribution in [0.4, 0.5) is 5.69 Å². The minimum atomic E-state index is -0.367. The number of aryl methyl sites for hydroxylation is 1. The van der Waals surface area contributed by atoms with Gasteiger partial charge in [0.15, 0.2) is 0 Å². The molecule has 0 spiro atoms. The lowest BCUT2D eigenvalue weighted by Gasteiger charge is -2.07. The molecule has 1 aromatic rings. The third-order valence-corrected chi connectivity index (χ3v) is 2.52. The van der Waals surface area contributed by atoms with Gasteiger partial charge in [0.05, 0.1) is 4.92 Å². The zero-order valence-corrected chi connectivity index (χ0v) is 10.5. The van der Waals surface area contributed by atoms with Gasteiger partial charge >= 0.3 is 0 Å². The maximum Gasteiger partial charge on any atom is 0.269 e. The number of benzene rings is 1. The molecule has 4 heteroatoms. The summed E-state index contributed by atoms with van der Waals surface area (Å²) in [5.74, 6) is 0.675. The van der Waals surface area contributed by atoms with Crippen molar-refractivity contribution in [2.45, 2.75) is 26.7 Å². The van der Waals surface area contributed by atoms with E-state index >= 15 is 0 Å². The molecule has 0 amide bonds. The van der Waals surface area contributed by atoms with E-state index in [9.17, 15) is 10.1 Å². The van der Waals surface area contributed by atoms with Crippen molar-refractivity contribution in [3.8, 4) is 0 Å². The summed E-state index contributed by atoms with van der Waals surface area (Å²) in [6.45, 7) is 6.40. The fourth-order valence-electron chi connectivity index (χ4n) is 1.59. The minimum absolute atomic E-state index is 0.159. The van der Waals surface area contributed by atoms with Crippen LogP contribution in [0.3, 0.4) is 0 Å². The fourth-order valence-corrected chi connectivity index (χ4v) is 1.59. The van der Waals surface area contributed by atoms with Crippen molar-refractivity contribution in [3.05, 3.63) is 39.9 Å². The third-order valence-electron chi connectivity index (χ3n) is 2.52. The third kappa shape index (κ3) is 5.45. The number of hydrogen-bond donors (Lipinski definition) is 1. The van der Waals surface area contributed by atoms with Gasteiger partial charge < -0.3 is 5.32 Å². The summed E-state index contributed by atoms with van der Waals surface area (Å²) >= 11 is 0. The highest BCUT2D eigenvalue weighted by Crippen LogP contribution is 2.12. The van der Waals surface area contributed by atoms with Crippen LogP contribution < -0.4 is 5.32 Å². The Morgan fingerprint density at radius 2 is 1.94 bits per heavy atom. The normalized spacial score (nSPS) is 10.8. The van der Waals surface area contributed by atoms with Crippen LogP contribution in [0.2, 0.25) is 0 Å². The lowest BCUT2D eigenvalue weighted by molar-refractivity contribution is -0.384. The molecule has 0 radical (unpaired) electrons. The molecule has 1 N–H and O–H groups in total. The van der Waals surface area contributed by atoms with E-state index in [2.05, 4.69) is 19.2 Å². The highest BCUT2D eigenvalue weighted by Gasteiger charge is 2.03. The van der Waals surface area contributed by atoms with Crippen LogP contribution in [0.25, 0.3) is 0 Å². The van der Waals surface area contributed by atoms with E-state index in [1.807, 2.05) is 12.1 Å². The topological polar surface area (TPSA) is 55.2 Å². The van der Waals surface area contributed by atoms with E-state index in [-0.39, 0.29) is 10.6 Å². The SMILES string of the molecule is CC(C)CNCCCc1ccc([N+](=O)[O-])cc1. The highest BCUT2D eigenvalue weighted by molar-refractivity contribution is 5.32. The lowest BCUT2D eigenvalue weighted by Crippen LogP contribution is -2.21. The Hall–Kier alpha value is -1.42. The van der Waals surface area contributed by atoms with Gasteiger partial charge in [-0.3, -0.25) is 10.1 Å². The van der Waals surface area contributed by atoms with Crippen LogP contribution in [-0.2, 0) is 6.42 Å². The largest absolute Gasteiger partial charge is 0.316 e. The number of rotatable bonds is 7. The number of nitrogens with zero attached hydrogens (tertiary/aromatic N) is 1. The van der Waals surface area contributed by atoms with Gasteiger partial charge in [-0.25, -0.2) is 0 Å². The van der Waals surface area contributed by atoms with Crippen molar-refractivity contribution in [1.29, 1.82) is 0 Å². The second-order valence-electron chi connectivity index (χ2n) is 4.63. The minimum Gasteiger partial charge on any atom is -0.316 e. The van der Waals surface area contributed by atoms with Crippen LogP contribution in [-0.4, -0.2) is 18.0 Å². The Morgan fingerprint density at radius 1 is 1.29 bits per heavy atom. The standard InChI is InChI=1S/C13H20N2O2/c1-11(2)10-14-9-3-4-12-5-7-13(8-6-12)15(16)17/h5-8,11,14H,3-4,9-10H2,1-2H3. The van der Waals surface area contributed by atoms with E-state index in [1.165, 1.54) is 0 Å². The molecule has 0 aromatic heterocycles. The summed E-state index contributed by atoms with van der Waals surface area (Å²) in [4.78, 5) is 10.1. The Kier molecular flexibility index (Phi) is 5.63. The second kappa shape index (κ2) is 7.01. The summed E-state index contributed by atoms with van der Waals surface area (Å²) in [6.07, 6.45) is 2.02. The maximum absolute atomic E-state index is 10.5. The number of hydrogen-bond acceptors (Lipinski definition) is 3. The maximum atomic E-state index is 10.5. The van der Waals surface area contributed by atoms with Gasteiger partial charge in [0.2, 0.25) is 0 Å². The number of nitro groups is 1. The van der Waals surface area contributed by atoms with Crippen molar-refractivity contribution in [2.24, 2.45) is 5.92 Å². The number of non-ortho nitro benzene ring substituents is 1. The molecule has 1 rings (SSSR count). The Labute approximate surface area is 102 Å². The molecule has 0 aliphatic carbocycles. The fraction of sp³-hybridized carbons (Fsp3) is 0.538. The predicted octanol–water partition coefficient (Wildman–Crippen LogP) is 2.77. The highest BCUT2D eigenvalue weighted by atomic mass is 16.6. The van der Waals surface area contributed by atoms with Crippen LogP contribution >= 0.6 is 0 Å². The summed E-state index contributed by atoms with van der Waals surface area (Å²) < 4.78 is 0. The molecule has 0 aliphatic heterocycles. The summed E-state index contributed by atoms with van der Waals surface area (Å²) in [5, 5.41) is 13.8. The van der Waals surface area contributed by atoms with E-state index < -0.39 is 0 Å². The molecule has 0 fully saturated rings. The molecule has 0 heterocycles. The molecule has 0 saturated heterocycles. The van der Waals surface area contributed by atoms with Crippen molar-refractivity contribution in [1.82, 2.24) is 5.32 Å². The first kappa shape index (κ1) is 13.6. The van der Waals surface area contributed by atoms with Gasteiger partial charge in [-0.05, 0) is 37.4 Å². The van der Waals surface area contributed by atoms with E-state index in [1.54, 1.807) is 12.1 Å². The summed E-state index contributed by atoms with van der Waals surface area (Å²) in [6, 6.07) is 6.80. The van der Waals surface area contributed by atoms with E-state index in [4.69, 9.17) is 0 Å². The van der Waals surface area contributed by atoms with Gasteiger partial charge in [0.25, 0.3) is 5.69 Å². The van der Waals surface area contributed by atoms with Crippen molar-refractivity contribution in [2.75, 3.05) is 13.1 Å². The molecule has 94 valence electrons. The van der Waals surface area contributed by atoms with Crippen LogP contribution in [0.1, 0.15) is 25.8 Å². The molecular formula is C13H20N2O2. The average Bonchev–Trinajstić information content (AvgIpc) is 2.29. The first-order valence-electron chi connectivity index (χ1n) is 6.03. The van der Waals surface area contributed by atoms with Crippen LogP contribution in [0.15, 0.2) is 24.3 Å². The van der Waals surface area contributed by atoms with Crippen LogP contribution in [0.5, 0.6) is 0 Å². The van der Waals surface area contributed by atoms with Gasteiger partial charge in [-0.1, -0.05) is 26.0 Å². The molecule has 0 saturated carbocycles. The van der Waals surface area contributed by atoms with Gasteiger partial charge in [-0.2, -0.15) is 0 Å². The van der Waals surface area contributed by atoms with Crippen molar-refractivity contribution in [3.63, 3.8) is 0 Å². The molecule has 0 unspecified atom stereocenters. The quantitative estimate of drug-likeness (QED) is 0.450. The monoisotopic (exact) mass is 236 g/mol. The molecule has 0 aliphatic rings. The van der Waals surface area contributed by atoms with Crippen molar-refractivity contribution < 1.29 is 4.92 Å². The molecule has 0 bridgehead atoms. The average molecular weight is 236 g/mol. The Balaban J connectivity index is 2.25. The van der Waals surface area contributed by atoms with E-state index in [0.717, 1.165) is 31.5 Å². The Morgan fingerprint density at radius 3 is 2.47 bits per heavy atom. The van der Waals surface area contributed by atoms with Gasteiger partial charge in [-0.15, -0.1) is 0 Å². The predicted molar refractivity (Wildman–Crippen MR) is 69.1 cm³/mol. The number of nitrogens with one attached hydrogen (secondary N) is 1.